The Morgan fingerprint density at radius 3 is 2.58 bits per heavy atom. The first-order valence-electron chi connectivity index (χ1n) is 11.0. The van der Waals surface area contributed by atoms with Gasteiger partial charge in [0, 0.05) is 42.7 Å². The number of anilines is 1. The van der Waals surface area contributed by atoms with Crippen LogP contribution in [0.5, 0.6) is 5.88 Å². The van der Waals surface area contributed by atoms with Crippen molar-refractivity contribution in [2.75, 3.05) is 18.9 Å². The van der Waals surface area contributed by atoms with Gasteiger partial charge in [0.25, 0.3) is 0 Å². The van der Waals surface area contributed by atoms with Gasteiger partial charge < -0.3 is 25.7 Å². The molecule has 0 fully saturated rings. The molecule has 33 heavy (non-hydrogen) atoms. The molecule has 8 heteroatoms. The molecule has 1 amide bonds. The summed E-state index contributed by atoms with van der Waals surface area (Å²) in [5.41, 5.74) is 5.24. The smallest absolute Gasteiger partial charge is 0.328 e. The molecule has 0 aliphatic heterocycles. The molecule has 2 heterocycles. The van der Waals surface area contributed by atoms with Crippen LogP contribution in [0, 0.1) is 0 Å². The highest BCUT2D eigenvalue weighted by atomic mass is 16.3. The monoisotopic (exact) mass is 447 g/mol. The molecule has 2 aromatic carbocycles. The van der Waals surface area contributed by atoms with Gasteiger partial charge in [-0.2, -0.15) is 0 Å². The van der Waals surface area contributed by atoms with Crippen molar-refractivity contribution in [3.8, 4) is 5.88 Å². The van der Waals surface area contributed by atoms with Crippen LogP contribution in [-0.4, -0.2) is 39.1 Å². The Labute approximate surface area is 191 Å². The number of likely N-dealkylation sites (N-methyl/N-ethyl adjacent to an activating group) is 1. The van der Waals surface area contributed by atoms with Crippen LogP contribution < -0.4 is 16.3 Å². The number of nitrogens with zero attached hydrogens (tertiary/aromatic N) is 1. The average molecular weight is 448 g/mol. The summed E-state index contributed by atoms with van der Waals surface area (Å²) < 4.78 is 1.37. The van der Waals surface area contributed by atoms with Crippen molar-refractivity contribution in [1.82, 2.24) is 19.9 Å². The number of benzene rings is 2. The summed E-state index contributed by atoms with van der Waals surface area (Å²) in [6.45, 7) is 2.71. The summed E-state index contributed by atoms with van der Waals surface area (Å²) in [6.07, 6.45) is 3.97. The molecule has 0 unspecified atom stereocenters. The maximum absolute atomic E-state index is 12.5. The number of fused-ring (bicyclic) bond motifs is 1. The van der Waals surface area contributed by atoms with E-state index in [1.165, 1.54) is 17.1 Å². The maximum Gasteiger partial charge on any atom is 0.328 e. The fourth-order valence-corrected chi connectivity index (χ4v) is 4.05. The zero-order valence-electron chi connectivity index (χ0n) is 18.9. The SMILES string of the molecule is CNCCc1c[nH]c2ccc(Cc3[nH]c(=O)n(CCc4ccc(NC(C)=O)cc4)c3O)cc12. The van der Waals surface area contributed by atoms with E-state index in [0.29, 0.717) is 25.1 Å². The fourth-order valence-electron chi connectivity index (χ4n) is 4.05. The van der Waals surface area contributed by atoms with E-state index in [1.807, 2.05) is 49.6 Å². The third-order valence-corrected chi connectivity index (χ3v) is 5.78. The molecule has 8 nitrogen and oxygen atoms in total. The fraction of sp³-hybridized carbons (Fsp3) is 0.280. The Morgan fingerprint density at radius 2 is 1.85 bits per heavy atom. The van der Waals surface area contributed by atoms with Gasteiger partial charge in [0.05, 0.1) is 5.69 Å². The minimum absolute atomic E-state index is 0.0283. The molecule has 0 bridgehead atoms. The zero-order valence-corrected chi connectivity index (χ0v) is 18.9. The number of aryl methyl sites for hydroxylation is 1. The van der Waals surface area contributed by atoms with Gasteiger partial charge in [-0.05, 0) is 67.4 Å². The van der Waals surface area contributed by atoms with Crippen LogP contribution in [0.3, 0.4) is 0 Å². The largest absolute Gasteiger partial charge is 0.493 e. The van der Waals surface area contributed by atoms with Crippen LogP contribution >= 0.6 is 0 Å². The first-order chi connectivity index (χ1) is 15.9. The van der Waals surface area contributed by atoms with Gasteiger partial charge in [-0.3, -0.25) is 9.36 Å². The lowest BCUT2D eigenvalue weighted by Crippen LogP contribution is -2.17. The van der Waals surface area contributed by atoms with E-state index in [0.717, 1.165) is 40.7 Å². The standard InChI is InChI=1S/C25H29N5O3/c1-16(31)28-20-6-3-17(4-7-20)10-12-30-24(32)23(29-25(30)33)14-18-5-8-22-21(13-18)19(15-27-22)9-11-26-2/h3-8,13,15,26-27,32H,9-12,14H2,1-2H3,(H,28,31)(H,29,33). The number of carbonyl (C=O) groups is 1. The van der Waals surface area contributed by atoms with Crippen LogP contribution in [0.2, 0.25) is 0 Å². The minimum Gasteiger partial charge on any atom is -0.493 e. The quantitative estimate of drug-likeness (QED) is 0.271. The van der Waals surface area contributed by atoms with E-state index in [-0.39, 0.29) is 17.5 Å². The molecule has 0 aliphatic carbocycles. The third-order valence-electron chi connectivity index (χ3n) is 5.78. The predicted octanol–water partition coefficient (Wildman–Crippen LogP) is 2.92. The number of aromatic amines is 2. The van der Waals surface area contributed by atoms with E-state index in [2.05, 4.69) is 26.7 Å². The Balaban J connectivity index is 1.47. The molecule has 0 saturated carbocycles. The number of hydrogen-bond acceptors (Lipinski definition) is 4. The molecule has 0 saturated heterocycles. The molecule has 5 N–H and O–H groups in total. The van der Waals surface area contributed by atoms with Crippen molar-refractivity contribution in [1.29, 1.82) is 0 Å². The van der Waals surface area contributed by atoms with Gasteiger partial charge in [-0.15, -0.1) is 0 Å². The summed E-state index contributed by atoms with van der Waals surface area (Å²) >= 11 is 0. The molecule has 4 aromatic rings. The second-order valence-corrected chi connectivity index (χ2v) is 8.24. The van der Waals surface area contributed by atoms with Crippen LogP contribution in [0.25, 0.3) is 10.9 Å². The van der Waals surface area contributed by atoms with Crippen molar-refractivity contribution in [2.45, 2.75) is 32.7 Å². The lowest BCUT2D eigenvalue weighted by molar-refractivity contribution is -0.114. The number of aromatic hydroxyl groups is 1. The predicted molar refractivity (Wildman–Crippen MR) is 130 cm³/mol. The molecule has 0 radical (unpaired) electrons. The molecule has 0 aliphatic rings. The van der Waals surface area contributed by atoms with E-state index in [1.54, 1.807) is 0 Å². The highest BCUT2D eigenvalue weighted by molar-refractivity contribution is 5.88. The van der Waals surface area contributed by atoms with Gasteiger partial charge in [0.15, 0.2) is 0 Å². The van der Waals surface area contributed by atoms with Crippen molar-refractivity contribution >= 4 is 22.5 Å². The van der Waals surface area contributed by atoms with Crippen LogP contribution in [-0.2, 0) is 30.6 Å². The van der Waals surface area contributed by atoms with Gasteiger partial charge >= 0.3 is 5.69 Å². The number of carbonyl (C=O) groups excluding carboxylic acids is 1. The number of hydrogen-bond donors (Lipinski definition) is 5. The highest BCUT2D eigenvalue weighted by Crippen LogP contribution is 2.24. The first kappa shape index (κ1) is 22.4. The second-order valence-electron chi connectivity index (χ2n) is 8.24. The number of rotatable bonds is 9. The van der Waals surface area contributed by atoms with Crippen LogP contribution in [0.1, 0.15) is 29.3 Å². The molecule has 0 atom stereocenters. The molecule has 172 valence electrons. The Hall–Kier alpha value is -3.78. The summed E-state index contributed by atoms with van der Waals surface area (Å²) in [7, 11) is 1.94. The zero-order chi connectivity index (χ0) is 23.4. The summed E-state index contributed by atoms with van der Waals surface area (Å²) in [5.74, 6) is -0.150. The van der Waals surface area contributed by atoms with Crippen molar-refractivity contribution < 1.29 is 9.90 Å². The van der Waals surface area contributed by atoms with E-state index in [4.69, 9.17) is 0 Å². The van der Waals surface area contributed by atoms with Crippen LogP contribution in [0.15, 0.2) is 53.5 Å². The second kappa shape index (κ2) is 9.79. The van der Waals surface area contributed by atoms with Crippen molar-refractivity contribution in [3.63, 3.8) is 0 Å². The molecule has 0 spiro atoms. The molecule has 4 rings (SSSR count). The van der Waals surface area contributed by atoms with Crippen LogP contribution in [0.4, 0.5) is 5.69 Å². The number of aromatic nitrogens is 3. The first-order valence-corrected chi connectivity index (χ1v) is 11.0. The number of amides is 1. The molecular formula is C25H29N5O3. The van der Waals surface area contributed by atoms with Gasteiger partial charge in [-0.25, -0.2) is 4.79 Å². The molecule has 2 aromatic heterocycles. The van der Waals surface area contributed by atoms with E-state index >= 15 is 0 Å². The Kier molecular flexibility index (Phi) is 6.65. The number of nitrogens with one attached hydrogen (secondary N) is 4. The highest BCUT2D eigenvalue weighted by Gasteiger charge is 2.14. The minimum atomic E-state index is -0.324. The Morgan fingerprint density at radius 1 is 1.09 bits per heavy atom. The van der Waals surface area contributed by atoms with E-state index in [9.17, 15) is 14.7 Å². The van der Waals surface area contributed by atoms with Gasteiger partial charge in [0.2, 0.25) is 11.8 Å². The average Bonchev–Trinajstić information content (AvgIpc) is 3.31. The van der Waals surface area contributed by atoms with Gasteiger partial charge in [-0.1, -0.05) is 18.2 Å². The van der Waals surface area contributed by atoms with Crippen molar-refractivity contribution in [3.05, 3.63) is 81.5 Å². The van der Waals surface area contributed by atoms with Gasteiger partial charge in [0.1, 0.15) is 0 Å². The summed E-state index contributed by atoms with van der Waals surface area (Å²) in [6, 6.07) is 13.6. The lowest BCUT2D eigenvalue weighted by atomic mass is 10.0. The topological polar surface area (TPSA) is 115 Å². The lowest BCUT2D eigenvalue weighted by Gasteiger charge is -2.07. The van der Waals surface area contributed by atoms with Crippen molar-refractivity contribution in [2.24, 2.45) is 0 Å². The molecular weight excluding hydrogens is 418 g/mol. The Bertz CT molecular complexity index is 1310. The summed E-state index contributed by atoms with van der Waals surface area (Å²) in [4.78, 5) is 29.7. The number of imidazole rings is 1. The van der Waals surface area contributed by atoms with E-state index < -0.39 is 0 Å². The number of H-pyrrole nitrogens is 2. The maximum atomic E-state index is 12.5. The normalized spacial score (nSPS) is 11.2. The summed E-state index contributed by atoms with van der Waals surface area (Å²) in [5, 5.41) is 17.8. The third kappa shape index (κ3) is 5.18.